The average Bonchev–Trinajstić information content (AvgIpc) is 3.14. The summed E-state index contributed by atoms with van der Waals surface area (Å²) in [6.45, 7) is 7.21. The van der Waals surface area contributed by atoms with Gasteiger partial charge in [0.2, 0.25) is 0 Å². The molecule has 1 aromatic carbocycles. The third kappa shape index (κ3) is 8.14. The lowest BCUT2D eigenvalue weighted by Crippen LogP contribution is -2.25. The van der Waals surface area contributed by atoms with Gasteiger partial charge >= 0.3 is 18.1 Å². The highest BCUT2D eigenvalue weighted by Gasteiger charge is 2.38. The fourth-order valence-electron chi connectivity index (χ4n) is 3.56. The summed E-state index contributed by atoms with van der Waals surface area (Å²) in [6, 6.07) is 5.55. The molecule has 218 valence electrons. The Morgan fingerprint density at radius 1 is 1.12 bits per heavy atom. The number of pyridine rings is 1. The number of rotatable bonds is 9. The largest absolute Gasteiger partial charge is 0.490 e. The van der Waals surface area contributed by atoms with Gasteiger partial charge in [-0.2, -0.15) is 18.3 Å². The maximum atomic E-state index is 13.2. The number of hydrogen-bond acceptors (Lipinski definition) is 7. The van der Waals surface area contributed by atoms with Gasteiger partial charge in [-0.05, 0) is 63.1 Å². The minimum atomic E-state index is -5.08. The molecule has 11 nitrogen and oxygen atoms in total. The summed E-state index contributed by atoms with van der Waals surface area (Å²) in [5.74, 6) is -4.30. The number of benzene rings is 1. The number of alkyl halides is 3. The van der Waals surface area contributed by atoms with E-state index >= 15 is 0 Å². The zero-order valence-corrected chi connectivity index (χ0v) is 22.6. The van der Waals surface area contributed by atoms with Gasteiger partial charge in [-0.15, -0.1) is 0 Å². The first-order valence-electron chi connectivity index (χ1n) is 11.5. The summed E-state index contributed by atoms with van der Waals surface area (Å²) in [5.41, 5.74) is 2.93. The van der Waals surface area contributed by atoms with Crippen LogP contribution in [0.2, 0.25) is 0 Å². The second kappa shape index (κ2) is 12.8. The zero-order valence-electron chi connectivity index (χ0n) is 21.8. The van der Waals surface area contributed by atoms with Crippen LogP contribution in [0.3, 0.4) is 0 Å². The smallest absolute Gasteiger partial charge is 0.478 e. The van der Waals surface area contributed by atoms with Crippen LogP contribution in [0.5, 0.6) is 0 Å². The number of aryl methyl sites for hydroxylation is 2. The molecule has 0 bridgehead atoms. The number of halogens is 4. The monoisotopic (exact) mass is 589 g/mol. The fourth-order valence-corrected chi connectivity index (χ4v) is 4.61. The van der Waals surface area contributed by atoms with Gasteiger partial charge in [0, 0.05) is 32.0 Å². The topological polar surface area (TPSA) is 155 Å². The lowest BCUT2D eigenvalue weighted by atomic mass is 10.1. The van der Waals surface area contributed by atoms with Crippen molar-refractivity contribution in [3.63, 3.8) is 0 Å². The molecule has 0 saturated carbocycles. The molecule has 0 atom stereocenters. The van der Waals surface area contributed by atoms with Crippen LogP contribution in [-0.2, 0) is 27.8 Å². The van der Waals surface area contributed by atoms with Crippen molar-refractivity contribution in [2.24, 2.45) is 0 Å². The maximum absolute atomic E-state index is 13.2. The highest BCUT2D eigenvalue weighted by Crippen LogP contribution is 2.27. The standard InChI is InChI=1S/C22H26FN5O4S.C2HF3O2/c1-5-28-15(3)19(14(2)25-28)10-11-27(4)21-20(12-16(13-24-21)22(29)30)26-33(31,32)18-8-6-17(23)7-9-18;3-2(4,5)1(6)7/h6-9,12-13,26H,5,10-11H2,1-4H3,(H,29,30);(H,6,7). The second-order valence-corrected chi connectivity index (χ2v) is 10.1. The number of nitrogens with one attached hydrogen (secondary N) is 1. The molecule has 0 amide bonds. The minimum Gasteiger partial charge on any atom is -0.478 e. The van der Waals surface area contributed by atoms with E-state index in [0.717, 1.165) is 47.8 Å². The third-order valence-corrected chi connectivity index (χ3v) is 7.00. The molecule has 0 aliphatic rings. The number of sulfonamides is 1. The van der Waals surface area contributed by atoms with Crippen LogP contribution >= 0.6 is 0 Å². The van der Waals surface area contributed by atoms with Crippen LogP contribution in [0.25, 0.3) is 0 Å². The zero-order chi connectivity index (χ0) is 30.4. The van der Waals surface area contributed by atoms with Gasteiger partial charge in [0.25, 0.3) is 10.0 Å². The van der Waals surface area contributed by atoms with Gasteiger partial charge in [-0.25, -0.2) is 27.4 Å². The van der Waals surface area contributed by atoms with E-state index in [-0.39, 0.29) is 22.0 Å². The average molecular weight is 590 g/mol. The number of carboxylic acids is 2. The van der Waals surface area contributed by atoms with Crippen LogP contribution in [0, 0.1) is 19.7 Å². The first-order valence-corrected chi connectivity index (χ1v) is 13.0. The van der Waals surface area contributed by atoms with Crippen molar-refractivity contribution < 1.29 is 45.8 Å². The molecule has 2 heterocycles. The number of anilines is 2. The molecule has 2 aromatic heterocycles. The Balaban J connectivity index is 0.000000708. The molecule has 0 saturated heterocycles. The van der Waals surface area contributed by atoms with Crippen LogP contribution in [0.15, 0.2) is 41.4 Å². The Morgan fingerprint density at radius 2 is 1.70 bits per heavy atom. The quantitative estimate of drug-likeness (QED) is 0.316. The molecule has 0 unspecified atom stereocenters. The molecule has 3 N–H and O–H groups in total. The van der Waals surface area contributed by atoms with E-state index in [1.165, 1.54) is 12.3 Å². The van der Waals surface area contributed by atoms with Crippen molar-refractivity contribution in [2.45, 2.75) is 44.8 Å². The van der Waals surface area contributed by atoms with Crippen molar-refractivity contribution in [3.05, 3.63) is 64.9 Å². The van der Waals surface area contributed by atoms with E-state index in [1.54, 1.807) is 11.9 Å². The number of aromatic carboxylic acids is 1. The lowest BCUT2D eigenvalue weighted by Gasteiger charge is -2.22. The van der Waals surface area contributed by atoms with Crippen molar-refractivity contribution in [2.75, 3.05) is 23.2 Å². The second-order valence-electron chi connectivity index (χ2n) is 8.40. The predicted molar refractivity (Wildman–Crippen MR) is 136 cm³/mol. The normalized spacial score (nSPS) is 11.4. The van der Waals surface area contributed by atoms with Gasteiger partial charge in [0.05, 0.1) is 21.8 Å². The number of carboxylic acid groups (broad SMARTS) is 2. The molecule has 3 rings (SSSR count). The number of aliphatic carboxylic acids is 1. The van der Waals surface area contributed by atoms with E-state index in [0.29, 0.717) is 13.0 Å². The van der Waals surface area contributed by atoms with E-state index in [4.69, 9.17) is 9.90 Å². The summed E-state index contributed by atoms with van der Waals surface area (Å²) < 4.78 is 74.9. The molecule has 0 aliphatic heterocycles. The first kappa shape index (κ1) is 32.0. The molecule has 16 heteroatoms. The van der Waals surface area contributed by atoms with E-state index < -0.39 is 34.0 Å². The molecule has 0 aliphatic carbocycles. The molecule has 40 heavy (non-hydrogen) atoms. The van der Waals surface area contributed by atoms with Gasteiger partial charge in [0.1, 0.15) is 5.82 Å². The summed E-state index contributed by atoms with van der Waals surface area (Å²) in [5, 5.41) is 21.0. The summed E-state index contributed by atoms with van der Waals surface area (Å²) in [6.07, 6.45) is -3.27. The Labute approximate surface area is 227 Å². The highest BCUT2D eigenvalue weighted by atomic mass is 32.2. The van der Waals surface area contributed by atoms with Crippen LogP contribution < -0.4 is 9.62 Å². The molecule has 0 spiro atoms. The number of hydrogen-bond donors (Lipinski definition) is 3. The molecule has 0 fully saturated rings. The summed E-state index contributed by atoms with van der Waals surface area (Å²) in [4.78, 5) is 26.1. The SMILES string of the molecule is CCn1nc(C)c(CCN(C)c2ncc(C(=O)O)cc2NS(=O)(=O)c2ccc(F)cc2)c1C.O=C(O)C(F)(F)F. The van der Waals surface area contributed by atoms with E-state index in [2.05, 4.69) is 14.8 Å². The van der Waals surface area contributed by atoms with Crippen molar-refractivity contribution in [1.82, 2.24) is 14.8 Å². The van der Waals surface area contributed by atoms with E-state index in [9.17, 15) is 35.9 Å². The predicted octanol–water partition coefficient (Wildman–Crippen LogP) is 3.87. The van der Waals surface area contributed by atoms with Gasteiger partial charge in [-0.1, -0.05) is 0 Å². The van der Waals surface area contributed by atoms with Gasteiger partial charge in [-0.3, -0.25) is 9.40 Å². The third-order valence-electron chi connectivity index (χ3n) is 5.61. The summed E-state index contributed by atoms with van der Waals surface area (Å²) >= 11 is 0. The number of carbonyl (C=O) groups is 2. The Bertz CT molecular complexity index is 1470. The molecular formula is C24H27F4N5O6S. The van der Waals surface area contributed by atoms with Crippen LogP contribution in [0.4, 0.5) is 29.1 Å². The van der Waals surface area contributed by atoms with Crippen LogP contribution in [0.1, 0.15) is 34.2 Å². The Hall–Kier alpha value is -4.21. The molecular weight excluding hydrogens is 562 g/mol. The Kier molecular flexibility index (Phi) is 10.2. The van der Waals surface area contributed by atoms with Gasteiger partial charge in [0.15, 0.2) is 5.82 Å². The minimum absolute atomic E-state index is 0.0134. The van der Waals surface area contributed by atoms with Gasteiger partial charge < -0.3 is 15.1 Å². The maximum Gasteiger partial charge on any atom is 0.490 e. The summed E-state index contributed by atoms with van der Waals surface area (Å²) in [7, 11) is -2.36. The van der Waals surface area contributed by atoms with Crippen LogP contribution in [-0.4, -0.2) is 65.1 Å². The Morgan fingerprint density at radius 3 is 2.17 bits per heavy atom. The lowest BCUT2D eigenvalue weighted by molar-refractivity contribution is -0.192. The van der Waals surface area contributed by atoms with Crippen molar-refractivity contribution >= 4 is 33.5 Å². The van der Waals surface area contributed by atoms with Crippen molar-refractivity contribution in [1.29, 1.82) is 0 Å². The number of likely N-dealkylation sites (N-methyl/N-ethyl adjacent to an activating group) is 1. The van der Waals surface area contributed by atoms with E-state index in [1.807, 2.05) is 25.5 Å². The van der Waals surface area contributed by atoms with Crippen molar-refractivity contribution in [3.8, 4) is 0 Å². The number of nitrogens with zero attached hydrogens (tertiary/aromatic N) is 4. The molecule has 3 aromatic rings. The number of aromatic nitrogens is 3. The first-order chi connectivity index (χ1) is 18.5. The molecule has 0 radical (unpaired) electrons. The highest BCUT2D eigenvalue weighted by molar-refractivity contribution is 7.92. The fraction of sp³-hybridized carbons (Fsp3) is 0.333.